The summed E-state index contributed by atoms with van der Waals surface area (Å²) in [7, 11) is 0. The Morgan fingerprint density at radius 1 is 1.28 bits per heavy atom. The summed E-state index contributed by atoms with van der Waals surface area (Å²) in [5, 5.41) is 13.3. The molecule has 2 aromatic rings. The van der Waals surface area contributed by atoms with Crippen LogP contribution >= 0.6 is 0 Å². The molecular weight excluding hydrogens is 322 g/mol. The smallest absolute Gasteiger partial charge is 0.395 e. The van der Waals surface area contributed by atoms with Crippen molar-refractivity contribution in [3.8, 4) is 0 Å². The van der Waals surface area contributed by atoms with Gasteiger partial charge < -0.3 is 9.73 Å². The Balaban J connectivity index is 1.60. The van der Waals surface area contributed by atoms with E-state index in [2.05, 4.69) is 17.1 Å². The van der Waals surface area contributed by atoms with Gasteiger partial charge in [-0.25, -0.2) is 0 Å². The van der Waals surface area contributed by atoms with Gasteiger partial charge in [0.15, 0.2) is 5.76 Å². The van der Waals surface area contributed by atoms with Crippen molar-refractivity contribution in [3.05, 3.63) is 57.8 Å². The molecule has 0 aliphatic carbocycles. The zero-order valence-corrected chi connectivity index (χ0v) is 14.1. The van der Waals surface area contributed by atoms with Crippen LogP contribution in [0.25, 0.3) is 0 Å². The standard InChI is InChI=1S/C18H21N3O4/c1-13-4-2-3-11-20(13)12-14-5-7-15(8-6-14)19-18(22)16-9-10-17(25-16)21(23)24/h5-10,13H,2-4,11-12H2,1H3,(H,19,22). The van der Waals surface area contributed by atoms with E-state index in [0.29, 0.717) is 11.7 Å². The number of piperidine rings is 1. The molecule has 0 bridgehead atoms. The molecule has 0 spiro atoms. The van der Waals surface area contributed by atoms with Crippen molar-refractivity contribution in [1.29, 1.82) is 0 Å². The SMILES string of the molecule is CC1CCCCN1Cc1ccc(NC(=O)c2ccc([N+](=O)[O-])o2)cc1. The first kappa shape index (κ1) is 17.2. The van der Waals surface area contributed by atoms with E-state index in [1.807, 2.05) is 24.3 Å². The summed E-state index contributed by atoms with van der Waals surface area (Å²) in [5.74, 6) is -1.04. The second kappa shape index (κ2) is 7.48. The molecule has 7 nitrogen and oxygen atoms in total. The van der Waals surface area contributed by atoms with Crippen LogP contribution in [0.1, 0.15) is 42.3 Å². The van der Waals surface area contributed by atoms with E-state index < -0.39 is 16.7 Å². The third-order valence-electron chi connectivity index (χ3n) is 4.53. The van der Waals surface area contributed by atoms with Crippen LogP contribution in [-0.4, -0.2) is 28.3 Å². The van der Waals surface area contributed by atoms with E-state index in [-0.39, 0.29) is 5.76 Å². The Kier molecular flexibility index (Phi) is 5.14. The van der Waals surface area contributed by atoms with Crippen molar-refractivity contribution < 1.29 is 14.1 Å². The molecule has 0 radical (unpaired) electrons. The van der Waals surface area contributed by atoms with Crippen molar-refractivity contribution in [1.82, 2.24) is 4.90 Å². The second-order valence-corrected chi connectivity index (χ2v) is 6.36. The summed E-state index contributed by atoms with van der Waals surface area (Å²) in [5.41, 5.74) is 1.82. The lowest BCUT2D eigenvalue weighted by Gasteiger charge is -2.33. The normalized spacial score (nSPS) is 18.0. The van der Waals surface area contributed by atoms with Crippen molar-refractivity contribution in [3.63, 3.8) is 0 Å². The Labute approximate surface area is 145 Å². The predicted molar refractivity (Wildman–Crippen MR) is 93.5 cm³/mol. The number of carbonyl (C=O) groups excluding carboxylic acids is 1. The van der Waals surface area contributed by atoms with Crippen LogP contribution in [0.2, 0.25) is 0 Å². The van der Waals surface area contributed by atoms with Gasteiger partial charge in [-0.05, 0) is 50.1 Å². The Morgan fingerprint density at radius 3 is 2.68 bits per heavy atom. The number of nitro groups is 1. The van der Waals surface area contributed by atoms with Crippen molar-refractivity contribution in [2.75, 3.05) is 11.9 Å². The molecule has 1 aromatic carbocycles. The molecule has 1 aliphatic heterocycles. The quantitative estimate of drug-likeness (QED) is 0.658. The molecule has 1 aliphatic rings. The highest BCUT2D eigenvalue weighted by molar-refractivity contribution is 6.02. The summed E-state index contributed by atoms with van der Waals surface area (Å²) >= 11 is 0. The van der Waals surface area contributed by atoms with Gasteiger partial charge in [-0.3, -0.25) is 19.8 Å². The topological polar surface area (TPSA) is 88.6 Å². The summed E-state index contributed by atoms with van der Waals surface area (Å²) in [6.45, 7) is 4.28. The molecule has 1 unspecified atom stereocenters. The summed E-state index contributed by atoms with van der Waals surface area (Å²) in [6.07, 6.45) is 3.78. The first-order valence-corrected chi connectivity index (χ1v) is 8.41. The Morgan fingerprint density at radius 2 is 2.04 bits per heavy atom. The van der Waals surface area contributed by atoms with Gasteiger partial charge in [-0.1, -0.05) is 18.6 Å². The number of hydrogen-bond donors (Lipinski definition) is 1. The van der Waals surface area contributed by atoms with Crippen LogP contribution in [0.15, 0.2) is 40.8 Å². The number of benzene rings is 1. The van der Waals surface area contributed by atoms with Crippen molar-refractivity contribution in [2.45, 2.75) is 38.8 Å². The molecule has 1 atom stereocenters. The highest BCUT2D eigenvalue weighted by Crippen LogP contribution is 2.21. The fourth-order valence-corrected chi connectivity index (χ4v) is 3.06. The summed E-state index contributed by atoms with van der Waals surface area (Å²) in [4.78, 5) is 24.5. The Bertz CT molecular complexity index is 754. The van der Waals surface area contributed by atoms with Gasteiger partial charge in [0.25, 0.3) is 5.91 Å². The number of anilines is 1. The third kappa shape index (κ3) is 4.24. The second-order valence-electron chi connectivity index (χ2n) is 6.36. The molecular formula is C18H21N3O4. The lowest BCUT2D eigenvalue weighted by molar-refractivity contribution is -0.402. The molecule has 25 heavy (non-hydrogen) atoms. The van der Waals surface area contributed by atoms with Crippen LogP contribution in [0.5, 0.6) is 0 Å². The van der Waals surface area contributed by atoms with Crippen LogP contribution in [0, 0.1) is 10.1 Å². The third-order valence-corrected chi connectivity index (χ3v) is 4.53. The molecule has 1 amide bonds. The monoisotopic (exact) mass is 343 g/mol. The van der Waals surface area contributed by atoms with E-state index in [4.69, 9.17) is 4.42 Å². The predicted octanol–water partition coefficient (Wildman–Crippen LogP) is 3.81. The average Bonchev–Trinajstić information content (AvgIpc) is 3.09. The first-order valence-electron chi connectivity index (χ1n) is 8.41. The van der Waals surface area contributed by atoms with Crippen LogP contribution in [0.3, 0.4) is 0 Å². The highest BCUT2D eigenvalue weighted by Gasteiger charge is 2.19. The molecule has 1 saturated heterocycles. The van der Waals surface area contributed by atoms with Crippen LogP contribution in [-0.2, 0) is 6.54 Å². The van der Waals surface area contributed by atoms with Crippen molar-refractivity contribution >= 4 is 17.5 Å². The molecule has 132 valence electrons. The minimum atomic E-state index is -0.673. The molecule has 1 aromatic heterocycles. The van der Waals surface area contributed by atoms with E-state index in [1.165, 1.54) is 30.9 Å². The highest BCUT2D eigenvalue weighted by atomic mass is 16.6. The number of amides is 1. The van der Waals surface area contributed by atoms with E-state index in [1.54, 1.807) is 0 Å². The summed E-state index contributed by atoms with van der Waals surface area (Å²) in [6, 6.07) is 10.7. The number of hydrogen-bond acceptors (Lipinski definition) is 5. The molecule has 1 fully saturated rings. The zero-order chi connectivity index (χ0) is 17.8. The van der Waals surface area contributed by atoms with Gasteiger partial charge in [0.2, 0.25) is 0 Å². The maximum atomic E-state index is 12.1. The lowest BCUT2D eigenvalue weighted by Crippen LogP contribution is -2.36. The molecule has 7 heteroatoms. The Hall–Kier alpha value is -2.67. The van der Waals surface area contributed by atoms with Gasteiger partial charge in [-0.2, -0.15) is 0 Å². The minimum Gasteiger partial charge on any atom is -0.395 e. The first-order chi connectivity index (χ1) is 12.0. The van der Waals surface area contributed by atoms with E-state index in [0.717, 1.165) is 19.2 Å². The molecule has 0 saturated carbocycles. The maximum Gasteiger partial charge on any atom is 0.433 e. The largest absolute Gasteiger partial charge is 0.433 e. The number of rotatable bonds is 5. The lowest BCUT2D eigenvalue weighted by atomic mass is 10.0. The van der Waals surface area contributed by atoms with E-state index in [9.17, 15) is 14.9 Å². The maximum absolute atomic E-state index is 12.1. The van der Waals surface area contributed by atoms with Gasteiger partial charge in [0.1, 0.15) is 4.92 Å². The number of furan rings is 1. The average molecular weight is 343 g/mol. The van der Waals surface area contributed by atoms with Gasteiger partial charge in [0, 0.05) is 18.3 Å². The number of nitrogens with zero attached hydrogens (tertiary/aromatic N) is 2. The van der Waals surface area contributed by atoms with Gasteiger partial charge in [0.05, 0.1) is 6.07 Å². The number of likely N-dealkylation sites (tertiary alicyclic amines) is 1. The molecule has 2 heterocycles. The molecule has 3 rings (SSSR count). The van der Waals surface area contributed by atoms with Gasteiger partial charge >= 0.3 is 5.88 Å². The summed E-state index contributed by atoms with van der Waals surface area (Å²) < 4.78 is 4.90. The fourth-order valence-electron chi connectivity index (χ4n) is 3.06. The van der Waals surface area contributed by atoms with Gasteiger partial charge in [-0.15, -0.1) is 0 Å². The minimum absolute atomic E-state index is 0.0853. The number of carbonyl (C=O) groups is 1. The van der Waals surface area contributed by atoms with E-state index >= 15 is 0 Å². The van der Waals surface area contributed by atoms with Crippen LogP contribution in [0.4, 0.5) is 11.6 Å². The van der Waals surface area contributed by atoms with Crippen LogP contribution < -0.4 is 5.32 Å². The zero-order valence-electron chi connectivity index (χ0n) is 14.1. The van der Waals surface area contributed by atoms with Crippen molar-refractivity contribution in [2.24, 2.45) is 0 Å². The molecule has 1 N–H and O–H groups in total. The fraction of sp³-hybridized carbons (Fsp3) is 0.389. The number of nitrogens with one attached hydrogen (secondary N) is 1.